The number of hydrogen-bond acceptors (Lipinski definition) is 2. The first-order valence-corrected chi connectivity index (χ1v) is 21.6. The van der Waals surface area contributed by atoms with E-state index in [4.69, 9.17) is 0 Å². The van der Waals surface area contributed by atoms with Crippen molar-refractivity contribution >= 4 is 70.4 Å². The number of para-hydroxylation sites is 2. The minimum atomic E-state index is -0.105. The SMILES string of the molecule is CC1(C)c2ccccc2-c2ccc(N(c3ccc(-c4ccc5c(c4)c4ccccc4n5-c4ccccc4)cc3)c3ccc(-c4cccc5c4sc4ccccc45)cc3)cc21. The topological polar surface area (TPSA) is 8.17 Å². The van der Waals surface area contributed by atoms with Gasteiger partial charge < -0.3 is 9.47 Å². The largest absolute Gasteiger partial charge is 0.310 e. The summed E-state index contributed by atoms with van der Waals surface area (Å²) in [7, 11) is 0. The van der Waals surface area contributed by atoms with Crippen LogP contribution in [-0.2, 0) is 5.41 Å². The van der Waals surface area contributed by atoms with Crippen LogP contribution in [0.4, 0.5) is 17.1 Å². The quantitative estimate of drug-likeness (QED) is 0.163. The number of benzene rings is 9. The molecule has 0 unspecified atom stereocenters. The molecule has 2 nitrogen and oxygen atoms in total. The lowest BCUT2D eigenvalue weighted by atomic mass is 9.82. The third-order valence-corrected chi connectivity index (χ3v) is 14.0. The number of rotatable bonds is 6. The van der Waals surface area contributed by atoms with Crippen LogP contribution in [0.3, 0.4) is 0 Å². The third kappa shape index (κ3) is 5.33. The first-order valence-electron chi connectivity index (χ1n) is 20.8. The van der Waals surface area contributed by atoms with E-state index in [0.717, 1.165) is 17.1 Å². The Labute approximate surface area is 353 Å². The van der Waals surface area contributed by atoms with Gasteiger partial charge in [0.05, 0.1) is 11.0 Å². The average molecular weight is 785 g/mol. The lowest BCUT2D eigenvalue weighted by molar-refractivity contribution is 0.660. The molecule has 1 aliphatic rings. The normalized spacial score (nSPS) is 13.0. The lowest BCUT2D eigenvalue weighted by Gasteiger charge is -2.28. The molecule has 0 saturated carbocycles. The molecule has 2 heterocycles. The van der Waals surface area contributed by atoms with Gasteiger partial charge in [-0.1, -0.05) is 147 Å². The Hall–Kier alpha value is -7.20. The molecule has 0 N–H and O–H groups in total. The van der Waals surface area contributed by atoms with E-state index in [1.54, 1.807) is 0 Å². The molecular weight excluding hydrogens is 745 g/mol. The van der Waals surface area contributed by atoms with Crippen molar-refractivity contribution in [2.75, 3.05) is 4.90 Å². The van der Waals surface area contributed by atoms with Crippen molar-refractivity contribution < 1.29 is 0 Å². The van der Waals surface area contributed by atoms with E-state index in [1.165, 1.54) is 92.2 Å². The molecule has 2 aromatic heterocycles. The van der Waals surface area contributed by atoms with Crippen LogP contribution in [0.1, 0.15) is 25.0 Å². The summed E-state index contributed by atoms with van der Waals surface area (Å²) in [5.74, 6) is 0. The number of thiophene rings is 1. The molecule has 60 heavy (non-hydrogen) atoms. The molecule has 3 heteroatoms. The Kier molecular flexibility index (Phi) is 7.79. The van der Waals surface area contributed by atoms with Crippen molar-refractivity contribution in [1.29, 1.82) is 0 Å². The number of aromatic nitrogens is 1. The van der Waals surface area contributed by atoms with Crippen LogP contribution in [0.25, 0.3) is 81.0 Å². The smallest absolute Gasteiger partial charge is 0.0541 e. The first kappa shape index (κ1) is 34.8. The zero-order chi connectivity index (χ0) is 40.0. The van der Waals surface area contributed by atoms with E-state index >= 15 is 0 Å². The highest BCUT2D eigenvalue weighted by molar-refractivity contribution is 7.26. The van der Waals surface area contributed by atoms with E-state index in [9.17, 15) is 0 Å². The van der Waals surface area contributed by atoms with E-state index in [1.807, 2.05) is 11.3 Å². The van der Waals surface area contributed by atoms with Gasteiger partial charge in [-0.3, -0.25) is 0 Å². The molecule has 12 rings (SSSR count). The van der Waals surface area contributed by atoms with Gasteiger partial charge in [0.2, 0.25) is 0 Å². The summed E-state index contributed by atoms with van der Waals surface area (Å²) >= 11 is 1.88. The second-order valence-electron chi connectivity index (χ2n) is 16.5. The molecule has 0 bridgehead atoms. The zero-order valence-electron chi connectivity index (χ0n) is 33.4. The van der Waals surface area contributed by atoms with Gasteiger partial charge in [0.15, 0.2) is 0 Å². The Balaban J connectivity index is 0.964. The number of anilines is 3. The highest BCUT2D eigenvalue weighted by Crippen LogP contribution is 2.51. The predicted molar refractivity (Wildman–Crippen MR) is 257 cm³/mol. The van der Waals surface area contributed by atoms with Crippen molar-refractivity contribution in [3.8, 4) is 39.1 Å². The Morgan fingerprint density at radius 1 is 0.400 bits per heavy atom. The van der Waals surface area contributed by atoms with Crippen molar-refractivity contribution in [3.05, 3.63) is 217 Å². The molecule has 11 aromatic rings. The summed E-state index contributed by atoms with van der Waals surface area (Å²) in [5, 5.41) is 5.16. The third-order valence-electron chi connectivity index (χ3n) is 12.8. The molecule has 0 atom stereocenters. The van der Waals surface area contributed by atoms with Crippen LogP contribution in [0.5, 0.6) is 0 Å². The fourth-order valence-electron chi connectivity index (χ4n) is 9.85. The van der Waals surface area contributed by atoms with Crippen molar-refractivity contribution in [1.82, 2.24) is 4.57 Å². The average Bonchev–Trinajstić information content (AvgIpc) is 3.92. The van der Waals surface area contributed by atoms with E-state index < -0.39 is 0 Å². The molecule has 1 aliphatic carbocycles. The molecule has 284 valence electrons. The Morgan fingerprint density at radius 2 is 1.00 bits per heavy atom. The first-order chi connectivity index (χ1) is 29.5. The minimum Gasteiger partial charge on any atom is -0.310 e. The minimum absolute atomic E-state index is 0.105. The van der Waals surface area contributed by atoms with Crippen molar-refractivity contribution in [3.63, 3.8) is 0 Å². The summed E-state index contributed by atoms with van der Waals surface area (Å²) < 4.78 is 5.04. The fraction of sp³-hybridized carbons (Fsp3) is 0.0526. The van der Waals surface area contributed by atoms with E-state index in [-0.39, 0.29) is 5.41 Å². The molecule has 9 aromatic carbocycles. The summed E-state index contributed by atoms with van der Waals surface area (Å²) in [6, 6.07) is 76.0. The molecule has 0 spiro atoms. The summed E-state index contributed by atoms with van der Waals surface area (Å²) in [5.41, 5.74) is 17.2. The van der Waals surface area contributed by atoms with Crippen LogP contribution in [0.15, 0.2) is 206 Å². The molecular formula is C57H40N2S. The van der Waals surface area contributed by atoms with Crippen molar-refractivity contribution in [2.45, 2.75) is 19.3 Å². The van der Waals surface area contributed by atoms with Crippen LogP contribution >= 0.6 is 11.3 Å². The van der Waals surface area contributed by atoms with Gasteiger partial charge in [-0.2, -0.15) is 0 Å². The summed E-state index contributed by atoms with van der Waals surface area (Å²) in [4.78, 5) is 2.42. The lowest BCUT2D eigenvalue weighted by Crippen LogP contribution is -2.16. The van der Waals surface area contributed by atoms with E-state index in [0.29, 0.717) is 0 Å². The second kappa shape index (κ2) is 13.4. The molecule has 0 aliphatic heterocycles. The number of hydrogen-bond donors (Lipinski definition) is 0. The van der Waals surface area contributed by atoms with Crippen LogP contribution < -0.4 is 4.90 Å². The fourth-order valence-corrected chi connectivity index (χ4v) is 11.1. The van der Waals surface area contributed by atoms with Gasteiger partial charge >= 0.3 is 0 Å². The van der Waals surface area contributed by atoms with Crippen molar-refractivity contribution in [2.24, 2.45) is 0 Å². The zero-order valence-corrected chi connectivity index (χ0v) is 34.2. The standard InChI is InChI=1S/C57H40N2S/c1-57(2)51-20-9-6-15-45(51)46-33-32-43(36-52(46)57)58(42-30-25-38(26-31-42)44-18-12-19-49-48-17-8-11-22-55(48)60-56(44)49)41-28-23-37(24-29-41)39-27-34-54-50(35-39)47-16-7-10-21-53(47)59(54)40-13-4-3-5-14-40/h3-36H,1-2H3. The summed E-state index contributed by atoms with van der Waals surface area (Å²) in [6.45, 7) is 4.72. The highest BCUT2D eigenvalue weighted by atomic mass is 32.1. The van der Waals surface area contributed by atoms with Gasteiger partial charge in [-0.25, -0.2) is 0 Å². The molecule has 0 amide bonds. The monoisotopic (exact) mass is 784 g/mol. The Bertz CT molecular complexity index is 3440. The predicted octanol–water partition coefficient (Wildman–Crippen LogP) is 16.3. The van der Waals surface area contributed by atoms with Crippen LogP contribution in [0.2, 0.25) is 0 Å². The van der Waals surface area contributed by atoms with Gasteiger partial charge in [-0.05, 0) is 117 Å². The maximum atomic E-state index is 2.42. The van der Waals surface area contributed by atoms with Gasteiger partial charge in [0.25, 0.3) is 0 Å². The highest BCUT2D eigenvalue weighted by Gasteiger charge is 2.35. The van der Waals surface area contributed by atoms with Crippen LogP contribution in [-0.4, -0.2) is 4.57 Å². The van der Waals surface area contributed by atoms with E-state index in [2.05, 4.69) is 230 Å². The molecule has 0 fully saturated rings. The second-order valence-corrected chi connectivity index (χ2v) is 17.6. The Morgan fingerprint density at radius 3 is 1.82 bits per heavy atom. The van der Waals surface area contributed by atoms with Crippen LogP contribution in [0, 0.1) is 0 Å². The molecule has 0 saturated heterocycles. The molecule has 0 radical (unpaired) electrons. The maximum Gasteiger partial charge on any atom is 0.0541 e. The van der Waals surface area contributed by atoms with Gasteiger partial charge in [0, 0.05) is 59.1 Å². The number of fused-ring (bicyclic) bond motifs is 9. The maximum absolute atomic E-state index is 2.42. The van der Waals surface area contributed by atoms with Gasteiger partial charge in [-0.15, -0.1) is 11.3 Å². The number of nitrogens with zero attached hydrogens (tertiary/aromatic N) is 2. The summed E-state index contributed by atoms with van der Waals surface area (Å²) in [6.07, 6.45) is 0. The van der Waals surface area contributed by atoms with Gasteiger partial charge in [0.1, 0.15) is 0 Å².